The Labute approximate surface area is 120 Å². The molecule has 1 N–H and O–H groups in total. The van der Waals surface area contributed by atoms with E-state index in [9.17, 15) is 0 Å². The van der Waals surface area contributed by atoms with Gasteiger partial charge in [0.15, 0.2) is 0 Å². The number of nitrogens with one attached hydrogen (secondary N) is 1. The van der Waals surface area contributed by atoms with Crippen LogP contribution < -0.4 is 5.32 Å². The molecule has 1 aliphatic rings. The van der Waals surface area contributed by atoms with Crippen molar-refractivity contribution in [2.75, 3.05) is 32.8 Å². The Balaban J connectivity index is 2.84. The van der Waals surface area contributed by atoms with Gasteiger partial charge in [0.2, 0.25) is 0 Å². The van der Waals surface area contributed by atoms with Gasteiger partial charge in [-0.25, -0.2) is 0 Å². The molecule has 3 nitrogen and oxygen atoms in total. The number of nitrogens with zero attached hydrogens (tertiary/aromatic N) is 1. The zero-order chi connectivity index (χ0) is 14.3. The molecule has 114 valence electrons. The van der Waals surface area contributed by atoms with Gasteiger partial charge in [0.05, 0.1) is 13.2 Å². The van der Waals surface area contributed by atoms with E-state index in [2.05, 4.69) is 44.8 Å². The molecule has 0 bridgehead atoms. The minimum Gasteiger partial charge on any atom is -0.379 e. The van der Waals surface area contributed by atoms with Crippen molar-refractivity contribution in [2.24, 2.45) is 5.92 Å². The summed E-state index contributed by atoms with van der Waals surface area (Å²) in [5.74, 6) is 0.708. The van der Waals surface area contributed by atoms with E-state index in [1.807, 2.05) is 0 Å². The van der Waals surface area contributed by atoms with Gasteiger partial charge in [0.25, 0.3) is 0 Å². The third kappa shape index (κ3) is 4.17. The van der Waals surface area contributed by atoms with Gasteiger partial charge in [0.1, 0.15) is 0 Å². The Morgan fingerprint density at radius 1 is 1.21 bits per heavy atom. The highest BCUT2D eigenvalue weighted by Gasteiger charge is 2.40. The number of morpholine rings is 1. The SMILES string of the molecule is CCCNC(C(C)CC)C(C)(CC)N1CCOCC1. The topological polar surface area (TPSA) is 24.5 Å². The molecule has 0 aromatic rings. The van der Waals surface area contributed by atoms with E-state index >= 15 is 0 Å². The van der Waals surface area contributed by atoms with Crippen molar-refractivity contribution >= 4 is 0 Å². The van der Waals surface area contributed by atoms with Gasteiger partial charge >= 0.3 is 0 Å². The number of rotatable bonds is 8. The zero-order valence-corrected chi connectivity index (χ0v) is 13.7. The molecule has 0 saturated carbocycles. The lowest BCUT2D eigenvalue weighted by molar-refractivity contribution is -0.0401. The summed E-state index contributed by atoms with van der Waals surface area (Å²) in [5, 5.41) is 3.83. The minimum absolute atomic E-state index is 0.244. The van der Waals surface area contributed by atoms with E-state index in [0.717, 1.165) is 32.8 Å². The van der Waals surface area contributed by atoms with Crippen molar-refractivity contribution in [2.45, 2.75) is 65.5 Å². The van der Waals surface area contributed by atoms with Crippen LogP contribution in [0, 0.1) is 5.92 Å². The van der Waals surface area contributed by atoms with Crippen molar-refractivity contribution in [1.82, 2.24) is 10.2 Å². The summed E-state index contributed by atoms with van der Waals surface area (Å²) >= 11 is 0. The van der Waals surface area contributed by atoms with Crippen molar-refractivity contribution in [3.05, 3.63) is 0 Å². The van der Waals surface area contributed by atoms with Crippen LogP contribution in [-0.4, -0.2) is 49.3 Å². The Hall–Kier alpha value is -0.120. The molecule has 0 aromatic heterocycles. The summed E-state index contributed by atoms with van der Waals surface area (Å²) in [4.78, 5) is 2.65. The second-order valence-corrected chi connectivity index (χ2v) is 6.13. The fourth-order valence-corrected chi connectivity index (χ4v) is 3.28. The van der Waals surface area contributed by atoms with E-state index < -0.39 is 0 Å². The summed E-state index contributed by atoms with van der Waals surface area (Å²) in [6.07, 6.45) is 3.63. The lowest BCUT2D eigenvalue weighted by Crippen LogP contribution is -2.63. The average Bonchev–Trinajstić information content (AvgIpc) is 2.47. The lowest BCUT2D eigenvalue weighted by atomic mass is 9.79. The molecule has 0 aromatic carbocycles. The van der Waals surface area contributed by atoms with Crippen LogP contribution >= 0.6 is 0 Å². The van der Waals surface area contributed by atoms with Crippen LogP contribution in [0.2, 0.25) is 0 Å². The van der Waals surface area contributed by atoms with Gasteiger partial charge in [0, 0.05) is 24.7 Å². The molecule has 3 atom stereocenters. The van der Waals surface area contributed by atoms with E-state index in [4.69, 9.17) is 4.74 Å². The normalized spacial score (nSPS) is 23.8. The van der Waals surface area contributed by atoms with E-state index in [0.29, 0.717) is 12.0 Å². The fourth-order valence-electron chi connectivity index (χ4n) is 3.28. The highest BCUT2D eigenvalue weighted by atomic mass is 16.5. The Morgan fingerprint density at radius 3 is 2.32 bits per heavy atom. The largest absolute Gasteiger partial charge is 0.379 e. The van der Waals surface area contributed by atoms with Gasteiger partial charge in [-0.05, 0) is 32.2 Å². The quantitative estimate of drug-likeness (QED) is 0.734. The highest BCUT2D eigenvalue weighted by molar-refractivity contribution is 4.99. The summed E-state index contributed by atoms with van der Waals surface area (Å²) < 4.78 is 5.52. The second kappa shape index (κ2) is 8.23. The summed E-state index contributed by atoms with van der Waals surface area (Å²) in [5.41, 5.74) is 0.244. The molecule has 19 heavy (non-hydrogen) atoms. The van der Waals surface area contributed by atoms with E-state index in [1.54, 1.807) is 0 Å². The Morgan fingerprint density at radius 2 is 1.84 bits per heavy atom. The Kier molecular flexibility index (Phi) is 7.33. The van der Waals surface area contributed by atoms with Crippen LogP contribution in [0.3, 0.4) is 0 Å². The maximum Gasteiger partial charge on any atom is 0.0594 e. The maximum absolute atomic E-state index is 5.52. The molecule has 1 saturated heterocycles. The maximum atomic E-state index is 5.52. The van der Waals surface area contributed by atoms with Crippen molar-refractivity contribution in [3.63, 3.8) is 0 Å². The standard InChI is InChI=1S/C16H34N2O/c1-6-9-17-15(14(4)7-2)16(5,8-3)18-10-12-19-13-11-18/h14-15,17H,6-13H2,1-5H3. The highest BCUT2D eigenvalue weighted by Crippen LogP contribution is 2.30. The summed E-state index contributed by atoms with van der Waals surface area (Å²) in [6, 6.07) is 0.570. The molecule has 0 aliphatic carbocycles. The third-order valence-corrected chi connectivity index (χ3v) is 4.95. The number of ether oxygens (including phenoxy) is 1. The van der Waals surface area contributed by atoms with Crippen molar-refractivity contribution < 1.29 is 4.74 Å². The van der Waals surface area contributed by atoms with Crippen LogP contribution in [0.1, 0.15) is 53.9 Å². The molecule has 1 heterocycles. The predicted molar refractivity (Wildman–Crippen MR) is 82.6 cm³/mol. The van der Waals surface area contributed by atoms with Gasteiger partial charge in [-0.15, -0.1) is 0 Å². The first-order valence-corrected chi connectivity index (χ1v) is 8.16. The van der Waals surface area contributed by atoms with Gasteiger partial charge in [-0.1, -0.05) is 34.1 Å². The van der Waals surface area contributed by atoms with Crippen LogP contribution in [0.5, 0.6) is 0 Å². The van der Waals surface area contributed by atoms with Gasteiger partial charge in [-0.3, -0.25) is 4.90 Å². The first-order chi connectivity index (χ1) is 9.10. The van der Waals surface area contributed by atoms with Crippen LogP contribution in [0.25, 0.3) is 0 Å². The van der Waals surface area contributed by atoms with Gasteiger partial charge < -0.3 is 10.1 Å². The van der Waals surface area contributed by atoms with Crippen molar-refractivity contribution in [1.29, 1.82) is 0 Å². The molecule has 0 amide bonds. The minimum atomic E-state index is 0.244. The van der Waals surface area contributed by atoms with Crippen molar-refractivity contribution in [3.8, 4) is 0 Å². The first-order valence-electron chi connectivity index (χ1n) is 8.16. The number of hydrogen-bond donors (Lipinski definition) is 1. The molecule has 3 unspecified atom stereocenters. The number of hydrogen-bond acceptors (Lipinski definition) is 3. The molecule has 1 rings (SSSR count). The summed E-state index contributed by atoms with van der Waals surface area (Å²) in [6.45, 7) is 16.8. The Bertz CT molecular complexity index is 241. The van der Waals surface area contributed by atoms with Gasteiger partial charge in [-0.2, -0.15) is 0 Å². The lowest BCUT2D eigenvalue weighted by Gasteiger charge is -2.50. The summed E-state index contributed by atoms with van der Waals surface area (Å²) in [7, 11) is 0. The third-order valence-electron chi connectivity index (χ3n) is 4.95. The molecule has 3 heteroatoms. The molecular formula is C16H34N2O. The second-order valence-electron chi connectivity index (χ2n) is 6.13. The molecule has 0 radical (unpaired) electrons. The van der Waals surface area contributed by atoms with Crippen LogP contribution in [0.15, 0.2) is 0 Å². The molecule has 0 spiro atoms. The zero-order valence-electron chi connectivity index (χ0n) is 13.7. The predicted octanol–water partition coefficient (Wildman–Crippen LogP) is 2.90. The van der Waals surface area contributed by atoms with Crippen LogP contribution in [-0.2, 0) is 4.74 Å². The molecular weight excluding hydrogens is 236 g/mol. The smallest absolute Gasteiger partial charge is 0.0594 e. The van der Waals surface area contributed by atoms with E-state index in [-0.39, 0.29) is 5.54 Å². The molecule has 1 aliphatic heterocycles. The first kappa shape index (κ1) is 16.9. The fraction of sp³-hybridized carbons (Fsp3) is 1.00. The monoisotopic (exact) mass is 270 g/mol. The molecule has 1 fully saturated rings. The van der Waals surface area contributed by atoms with Crippen LogP contribution in [0.4, 0.5) is 0 Å². The average molecular weight is 270 g/mol. The van der Waals surface area contributed by atoms with E-state index in [1.165, 1.54) is 19.3 Å².